The van der Waals surface area contributed by atoms with E-state index < -0.39 is 0 Å². The monoisotopic (exact) mass is 212 g/mol. The first kappa shape index (κ1) is 11.4. The van der Waals surface area contributed by atoms with E-state index in [0.29, 0.717) is 5.41 Å². The first-order valence-electron chi connectivity index (χ1n) is 6.56. The summed E-state index contributed by atoms with van der Waals surface area (Å²) in [4.78, 5) is 0. The van der Waals surface area contributed by atoms with Crippen LogP contribution in [-0.4, -0.2) is 43.4 Å². The van der Waals surface area contributed by atoms with Gasteiger partial charge in [-0.25, -0.2) is 0 Å². The van der Waals surface area contributed by atoms with Crippen molar-refractivity contribution in [2.24, 2.45) is 5.41 Å². The smallest absolute Gasteiger partial charge is 0.0849 e. The maximum atomic E-state index is 5.51. The molecule has 2 aliphatic rings. The van der Waals surface area contributed by atoms with Crippen molar-refractivity contribution < 1.29 is 9.22 Å². The van der Waals surface area contributed by atoms with Crippen LogP contribution in [0.1, 0.15) is 40.0 Å². The van der Waals surface area contributed by atoms with Crippen molar-refractivity contribution in [2.45, 2.75) is 46.1 Å². The van der Waals surface area contributed by atoms with Crippen LogP contribution in [0, 0.1) is 5.41 Å². The summed E-state index contributed by atoms with van der Waals surface area (Å²) in [5.41, 5.74) is 0.637. The lowest BCUT2D eigenvalue weighted by molar-refractivity contribution is -0.938. The van der Waals surface area contributed by atoms with Crippen molar-refractivity contribution in [3.05, 3.63) is 0 Å². The molecule has 0 saturated carbocycles. The lowest BCUT2D eigenvalue weighted by Crippen LogP contribution is -2.52. The number of hydrogen-bond donors (Lipinski definition) is 0. The van der Waals surface area contributed by atoms with Crippen molar-refractivity contribution in [3.63, 3.8) is 0 Å². The molecule has 0 bridgehead atoms. The first-order chi connectivity index (χ1) is 7.13. The summed E-state index contributed by atoms with van der Waals surface area (Å²) in [6.07, 6.45) is 4.04. The van der Waals surface area contributed by atoms with Crippen LogP contribution in [-0.2, 0) is 4.74 Å². The van der Waals surface area contributed by atoms with Crippen LogP contribution >= 0.6 is 0 Å². The second-order valence-electron chi connectivity index (χ2n) is 5.87. The van der Waals surface area contributed by atoms with Gasteiger partial charge in [0.1, 0.15) is 0 Å². The molecule has 2 rings (SSSR count). The number of rotatable bonds is 2. The Hall–Kier alpha value is -0.0800. The molecule has 2 fully saturated rings. The summed E-state index contributed by atoms with van der Waals surface area (Å²) in [5.74, 6) is 0. The van der Waals surface area contributed by atoms with Gasteiger partial charge in [0.15, 0.2) is 0 Å². The van der Waals surface area contributed by atoms with Gasteiger partial charge in [0.2, 0.25) is 0 Å². The van der Waals surface area contributed by atoms with E-state index in [1.807, 2.05) is 0 Å². The summed E-state index contributed by atoms with van der Waals surface area (Å²) in [6, 6.07) is 0.789. The lowest BCUT2D eigenvalue weighted by atomic mass is 9.79. The highest BCUT2D eigenvalue weighted by Gasteiger charge is 2.49. The van der Waals surface area contributed by atoms with Gasteiger partial charge in [-0.05, 0) is 33.6 Å². The van der Waals surface area contributed by atoms with Crippen molar-refractivity contribution in [1.29, 1.82) is 0 Å². The quantitative estimate of drug-likeness (QED) is 0.639. The molecule has 2 aliphatic heterocycles. The van der Waals surface area contributed by atoms with Crippen LogP contribution in [0.5, 0.6) is 0 Å². The van der Waals surface area contributed by atoms with Crippen molar-refractivity contribution in [2.75, 3.05) is 32.8 Å². The van der Waals surface area contributed by atoms with Crippen LogP contribution in [0.15, 0.2) is 0 Å². The minimum atomic E-state index is 0.637. The Morgan fingerprint density at radius 2 is 1.87 bits per heavy atom. The highest BCUT2D eigenvalue weighted by molar-refractivity contribution is 4.86. The van der Waals surface area contributed by atoms with Gasteiger partial charge in [0, 0.05) is 25.0 Å². The molecule has 2 saturated heterocycles. The Morgan fingerprint density at radius 3 is 2.33 bits per heavy atom. The number of ether oxygens (including phenoxy) is 1. The van der Waals surface area contributed by atoms with E-state index in [1.54, 1.807) is 0 Å². The number of likely N-dealkylation sites (tertiary alicyclic amines) is 1. The van der Waals surface area contributed by atoms with Gasteiger partial charge in [0.25, 0.3) is 0 Å². The second-order valence-corrected chi connectivity index (χ2v) is 5.87. The highest BCUT2D eigenvalue weighted by atomic mass is 16.5. The van der Waals surface area contributed by atoms with Crippen LogP contribution in [0.4, 0.5) is 0 Å². The van der Waals surface area contributed by atoms with Gasteiger partial charge in [-0.15, -0.1) is 0 Å². The SMILES string of the molecule is CC[N+]1(C(C)C)CCC2(CCOCC2)C1. The largest absolute Gasteiger partial charge is 0.381 e. The summed E-state index contributed by atoms with van der Waals surface area (Å²) in [6.45, 7) is 13.3. The average Bonchev–Trinajstić information content (AvgIpc) is 2.60. The predicted molar refractivity (Wildman–Crippen MR) is 62.8 cm³/mol. The van der Waals surface area contributed by atoms with Crippen LogP contribution in [0.3, 0.4) is 0 Å². The van der Waals surface area contributed by atoms with Gasteiger partial charge in [0.05, 0.1) is 25.7 Å². The van der Waals surface area contributed by atoms with Crippen molar-refractivity contribution in [3.8, 4) is 0 Å². The van der Waals surface area contributed by atoms with E-state index in [2.05, 4.69) is 20.8 Å². The highest BCUT2D eigenvalue weighted by Crippen LogP contribution is 2.44. The number of quaternary nitrogens is 1. The summed E-state index contributed by atoms with van der Waals surface area (Å²) < 4.78 is 6.86. The third-order valence-electron chi connectivity index (χ3n) is 5.02. The van der Waals surface area contributed by atoms with Crippen molar-refractivity contribution in [1.82, 2.24) is 0 Å². The van der Waals surface area contributed by atoms with E-state index in [1.165, 1.54) is 43.4 Å². The van der Waals surface area contributed by atoms with Gasteiger partial charge < -0.3 is 9.22 Å². The molecule has 0 aromatic carbocycles. The minimum absolute atomic E-state index is 0.637. The lowest BCUT2D eigenvalue weighted by Gasteiger charge is -2.40. The Balaban J connectivity index is 2.09. The molecule has 0 N–H and O–H groups in total. The molecule has 1 unspecified atom stereocenters. The number of hydrogen-bond acceptors (Lipinski definition) is 1. The molecular formula is C13H26NO+. The van der Waals surface area contributed by atoms with Gasteiger partial charge in [-0.1, -0.05) is 0 Å². The minimum Gasteiger partial charge on any atom is -0.381 e. The Labute approximate surface area is 94.2 Å². The first-order valence-corrected chi connectivity index (χ1v) is 6.56. The molecular weight excluding hydrogens is 186 g/mol. The molecule has 0 radical (unpaired) electrons. The van der Waals surface area contributed by atoms with Crippen LogP contribution in [0.25, 0.3) is 0 Å². The van der Waals surface area contributed by atoms with Crippen LogP contribution in [0.2, 0.25) is 0 Å². The van der Waals surface area contributed by atoms with E-state index in [-0.39, 0.29) is 0 Å². The predicted octanol–water partition coefficient (Wildman–Crippen LogP) is 2.43. The second kappa shape index (κ2) is 4.06. The maximum absolute atomic E-state index is 5.51. The molecule has 0 aliphatic carbocycles. The van der Waals surface area contributed by atoms with E-state index in [0.717, 1.165) is 19.3 Å². The average molecular weight is 212 g/mol. The topological polar surface area (TPSA) is 9.23 Å². The maximum Gasteiger partial charge on any atom is 0.0849 e. The normalized spacial score (nSPS) is 35.2. The zero-order chi connectivity index (χ0) is 10.9. The third-order valence-corrected chi connectivity index (χ3v) is 5.02. The molecule has 0 amide bonds. The summed E-state index contributed by atoms with van der Waals surface area (Å²) in [5, 5.41) is 0. The summed E-state index contributed by atoms with van der Waals surface area (Å²) >= 11 is 0. The molecule has 0 aromatic rings. The molecule has 2 heterocycles. The summed E-state index contributed by atoms with van der Waals surface area (Å²) in [7, 11) is 0. The fraction of sp³-hybridized carbons (Fsp3) is 1.00. The fourth-order valence-electron chi connectivity index (χ4n) is 3.57. The zero-order valence-corrected chi connectivity index (χ0v) is 10.6. The molecule has 15 heavy (non-hydrogen) atoms. The van der Waals surface area contributed by atoms with E-state index in [9.17, 15) is 0 Å². The van der Waals surface area contributed by atoms with Gasteiger partial charge in [-0.2, -0.15) is 0 Å². The molecule has 2 heteroatoms. The number of nitrogens with zero attached hydrogens (tertiary/aromatic N) is 1. The van der Waals surface area contributed by atoms with Gasteiger partial charge >= 0.3 is 0 Å². The third kappa shape index (κ3) is 1.94. The Morgan fingerprint density at radius 1 is 1.20 bits per heavy atom. The molecule has 2 nitrogen and oxygen atoms in total. The Kier molecular flexibility index (Phi) is 3.09. The Bertz CT molecular complexity index is 221. The molecule has 1 atom stereocenters. The van der Waals surface area contributed by atoms with Gasteiger partial charge in [-0.3, -0.25) is 0 Å². The van der Waals surface area contributed by atoms with Crippen LogP contribution < -0.4 is 0 Å². The zero-order valence-electron chi connectivity index (χ0n) is 10.6. The van der Waals surface area contributed by atoms with E-state index in [4.69, 9.17) is 4.74 Å². The standard InChI is InChI=1S/C13H26NO/c1-4-14(12(2)3)8-5-13(11-14)6-9-15-10-7-13/h12H,4-11H2,1-3H3/q+1. The fourth-order valence-corrected chi connectivity index (χ4v) is 3.57. The molecule has 88 valence electrons. The molecule has 0 aromatic heterocycles. The van der Waals surface area contributed by atoms with Crippen molar-refractivity contribution >= 4 is 0 Å². The molecule has 1 spiro atoms. The van der Waals surface area contributed by atoms with E-state index >= 15 is 0 Å².